The molecule has 4 heterocycles. The Bertz CT molecular complexity index is 1170. The van der Waals surface area contributed by atoms with Crippen LogP contribution in [-0.4, -0.2) is 40.1 Å². The molecule has 8 heteroatoms. The zero-order valence-electron chi connectivity index (χ0n) is 14.9. The van der Waals surface area contributed by atoms with Gasteiger partial charge in [0.2, 0.25) is 0 Å². The highest BCUT2D eigenvalue weighted by Crippen LogP contribution is 2.32. The van der Waals surface area contributed by atoms with E-state index in [1.807, 2.05) is 24.3 Å². The van der Waals surface area contributed by atoms with Gasteiger partial charge in [-0.05, 0) is 25.1 Å². The largest absolute Gasteiger partial charge is 0.487 e. The highest BCUT2D eigenvalue weighted by molar-refractivity contribution is 7.17. The van der Waals surface area contributed by atoms with Crippen LogP contribution in [0.25, 0.3) is 21.1 Å². The van der Waals surface area contributed by atoms with Crippen molar-refractivity contribution in [3.63, 3.8) is 0 Å². The summed E-state index contributed by atoms with van der Waals surface area (Å²) in [5.41, 5.74) is 2.64. The third-order valence-electron chi connectivity index (χ3n) is 4.74. The summed E-state index contributed by atoms with van der Waals surface area (Å²) in [7, 11) is 0. The standard InChI is InChI=1S/C20H17N5O2S/c26-20(14-10-28-18-9-22-11-24-19(14)18)25-16-6-12-2-1-4-23-15(12)7-17(16)27-13-3-5-21-8-13/h1-2,4,6-7,9-11,13,21H,3,5,8H2,(H,25,26). The van der Waals surface area contributed by atoms with Crippen LogP contribution in [0.3, 0.4) is 0 Å². The van der Waals surface area contributed by atoms with Gasteiger partial charge < -0.3 is 15.4 Å². The van der Waals surface area contributed by atoms with E-state index in [9.17, 15) is 4.79 Å². The Morgan fingerprint density at radius 1 is 1.32 bits per heavy atom. The van der Waals surface area contributed by atoms with Crippen molar-refractivity contribution in [2.24, 2.45) is 0 Å². The average Bonchev–Trinajstić information content (AvgIpc) is 3.38. The molecule has 1 aliphatic rings. The van der Waals surface area contributed by atoms with Crippen LogP contribution in [-0.2, 0) is 0 Å². The van der Waals surface area contributed by atoms with Gasteiger partial charge in [0.05, 0.1) is 27.0 Å². The third-order valence-corrected chi connectivity index (χ3v) is 5.65. The number of carbonyl (C=O) groups is 1. The Balaban J connectivity index is 1.51. The van der Waals surface area contributed by atoms with Gasteiger partial charge in [-0.2, -0.15) is 0 Å². The summed E-state index contributed by atoms with van der Waals surface area (Å²) in [5.74, 6) is 0.407. The molecule has 1 fully saturated rings. The fourth-order valence-electron chi connectivity index (χ4n) is 3.34. The predicted molar refractivity (Wildman–Crippen MR) is 109 cm³/mol. The van der Waals surface area contributed by atoms with E-state index >= 15 is 0 Å². The molecule has 0 aliphatic carbocycles. The molecule has 4 aromatic rings. The number of benzene rings is 1. The number of nitrogens with one attached hydrogen (secondary N) is 2. The first-order valence-electron chi connectivity index (χ1n) is 9.02. The number of aromatic nitrogens is 3. The Morgan fingerprint density at radius 3 is 3.18 bits per heavy atom. The molecule has 1 amide bonds. The number of carbonyl (C=O) groups excluding carboxylic acids is 1. The molecule has 0 spiro atoms. The maximum Gasteiger partial charge on any atom is 0.258 e. The molecule has 28 heavy (non-hydrogen) atoms. The van der Waals surface area contributed by atoms with Crippen LogP contribution in [0.5, 0.6) is 5.75 Å². The zero-order chi connectivity index (χ0) is 18.9. The van der Waals surface area contributed by atoms with Crippen LogP contribution >= 0.6 is 11.3 Å². The van der Waals surface area contributed by atoms with Crippen LogP contribution in [0, 0.1) is 0 Å². The quantitative estimate of drug-likeness (QED) is 0.555. The second-order valence-electron chi connectivity index (χ2n) is 6.62. The van der Waals surface area contributed by atoms with Crippen LogP contribution < -0.4 is 15.4 Å². The second kappa shape index (κ2) is 7.14. The lowest BCUT2D eigenvalue weighted by Crippen LogP contribution is -2.21. The first-order valence-corrected chi connectivity index (χ1v) is 9.90. The summed E-state index contributed by atoms with van der Waals surface area (Å²) in [6.07, 6.45) is 5.92. The van der Waals surface area contributed by atoms with Crippen molar-refractivity contribution in [3.8, 4) is 5.75 Å². The summed E-state index contributed by atoms with van der Waals surface area (Å²) in [6.45, 7) is 1.72. The Hall–Kier alpha value is -3.10. The normalized spacial score (nSPS) is 16.5. The molecular weight excluding hydrogens is 374 g/mol. The average molecular weight is 391 g/mol. The second-order valence-corrected chi connectivity index (χ2v) is 7.53. The van der Waals surface area contributed by atoms with Gasteiger partial charge in [0.15, 0.2) is 0 Å². The van der Waals surface area contributed by atoms with Crippen molar-refractivity contribution in [1.82, 2.24) is 20.3 Å². The van der Waals surface area contributed by atoms with E-state index in [0.717, 1.165) is 35.1 Å². The maximum atomic E-state index is 13.0. The smallest absolute Gasteiger partial charge is 0.258 e. The number of rotatable bonds is 4. The summed E-state index contributed by atoms with van der Waals surface area (Å²) in [6, 6.07) is 7.63. The van der Waals surface area contributed by atoms with E-state index in [-0.39, 0.29) is 12.0 Å². The van der Waals surface area contributed by atoms with Crippen molar-refractivity contribution in [3.05, 3.63) is 53.9 Å². The molecule has 1 aromatic carbocycles. The van der Waals surface area contributed by atoms with Crippen LogP contribution in [0.4, 0.5) is 5.69 Å². The van der Waals surface area contributed by atoms with Gasteiger partial charge >= 0.3 is 0 Å². The van der Waals surface area contributed by atoms with Gasteiger partial charge in [0, 0.05) is 35.8 Å². The maximum absolute atomic E-state index is 13.0. The van der Waals surface area contributed by atoms with Crippen molar-refractivity contribution < 1.29 is 9.53 Å². The number of fused-ring (bicyclic) bond motifs is 2. The summed E-state index contributed by atoms with van der Waals surface area (Å²) in [5, 5.41) is 9.04. The number of ether oxygens (including phenoxy) is 1. The number of amides is 1. The molecule has 5 rings (SSSR count). The number of hydrogen-bond acceptors (Lipinski definition) is 7. The molecule has 0 bridgehead atoms. The van der Waals surface area contributed by atoms with Gasteiger partial charge in [0.25, 0.3) is 5.91 Å². The molecule has 140 valence electrons. The molecule has 1 atom stereocenters. The van der Waals surface area contributed by atoms with Crippen molar-refractivity contribution >= 4 is 44.1 Å². The van der Waals surface area contributed by atoms with Crippen LogP contribution in [0.2, 0.25) is 0 Å². The monoisotopic (exact) mass is 391 g/mol. The lowest BCUT2D eigenvalue weighted by molar-refractivity contribution is 0.102. The van der Waals surface area contributed by atoms with Crippen LogP contribution in [0.1, 0.15) is 16.8 Å². The molecule has 3 aromatic heterocycles. The number of thiophene rings is 1. The summed E-state index contributed by atoms with van der Waals surface area (Å²) in [4.78, 5) is 25.6. The van der Waals surface area contributed by atoms with Gasteiger partial charge in [-0.15, -0.1) is 11.3 Å². The topological polar surface area (TPSA) is 89.0 Å². The number of nitrogens with zero attached hydrogens (tertiary/aromatic N) is 3. The molecule has 7 nitrogen and oxygen atoms in total. The zero-order valence-corrected chi connectivity index (χ0v) is 15.7. The molecular formula is C20H17N5O2S. The van der Waals surface area contributed by atoms with E-state index < -0.39 is 0 Å². The third kappa shape index (κ3) is 3.17. The van der Waals surface area contributed by atoms with Crippen molar-refractivity contribution in [2.75, 3.05) is 18.4 Å². The SMILES string of the molecule is O=C(Nc1cc2cccnc2cc1OC1CCNC1)c1csc2cncnc12. The van der Waals surface area contributed by atoms with E-state index in [2.05, 4.69) is 25.6 Å². The molecule has 0 radical (unpaired) electrons. The predicted octanol–water partition coefficient (Wildman–Crippen LogP) is 3.23. The number of anilines is 1. The van der Waals surface area contributed by atoms with Gasteiger partial charge in [0.1, 0.15) is 18.2 Å². The lowest BCUT2D eigenvalue weighted by atomic mass is 10.1. The van der Waals surface area contributed by atoms with E-state index in [1.54, 1.807) is 17.8 Å². The number of hydrogen-bond donors (Lipinski definition) is 2. The van der Waals surface area contributed by atoms with Gasteiger partial charge in [-0.1, -0.05) is 6.07 Å². The van der Waals surface area contributed by atoms with Gasteiger partial charge in [-0.3, -0.25) is 9.78 Å². The van der Waals surface area contributed by atoms with Crippen molar-refractivity contribution in [2.45, 2.75) is 12.5 Å². The highest BCUT2D eigenvalue weighted by Gasteiger charge is 2.20. The minimum absolute atomic E-state index is 0.0755. The fourth-order valence-corrected chi connectivity index (χ4v) is 4.20. The van der Waals surface area contributed by atoms with E-state index in [0.29, 0.717) is 22.5 Å². The van der Waals surface area contributed by atoms with Crippen molar-refractivity contribution in [1.29, 1.82) is 0 Å². The first-order chi connectivity index (χ1) is 13.8. The Labute approximate surface area is 164 Å². The lowest BCUT2D eigenvalue weighted by Gasteiger charge is -2.17. The molecule has 0 saturated carbocycles. The van der Waals surface area contributed by atoms with E-state index in [1.165, 1.54) is 17.7 Å². The molecule has 2 N–H and O–H groups in total. The van der Waals surface area contributed by atoms with Crippen LogP contribution in [0.15, 0.2) is 48.4 Å². The molecule has 1 saturated heterocycles. The number of pyridine rings is 1. The minimum Gasteiger partial charge on any atom is -0.487 e. The molecule has 1 unspecified atom stereocenters. The van der Waals surface area contributed by atoms with Gasteiger partial charge in [-0.25, -0.2) is 9.97 Å². The summed E-state index contributed by atoms with van der Waals surface area (Å²) >= 11 is 1.45. The summed E-state index contributed by atoms with van der Waals surface area (Å²) < 4.78 is 7.06. The highest BCUT2D eigenvalue weighted by atomic mass is 32.1. The van der Waals surface area contributed by atoms with E-state index in [4.69, 9.17) is 4.74 Å². The first kappa shape index (κ1) is 17.0. The minimum atomic E-state index is -0.220. The Morgan fingerprint density at radius 2 is 2.29 bits per heavy atom. The fraction of sp³-hybridized carbons (Fsp3) is 0.200. The Kier molecular flexibility index (Phi) is 4.34. The molecule has 1 aliphatic heterocycles.